The van der Waals surface area contributed by atoms with Crippen LogP contribution in [0.15, 0.2) is 36.4 Å². The van der Waals surface area contributed by atoms with Gasteiger partial charge in [-0.05, 0) is 24.1 Å². The number of rotatable bonds is 3. The van der Waals surface area contributed by atoms with Gasteiger partial charge in [-0.15, -0.1) is 0 Å². The van der Waals surface area contributed by atoms with Gasteiger partial charge in [0.2, 0.25) is 0 Å². The first kappa shape index (κ1) is 14.1. The van der Waals surface area contributed by atoms with Crippen LogP contribution in [-0.2, 0) is 6.42 Å². The van der Waals surface area contributed by atoms with E-state index in [2.05, 4.69) is 15.9 Å². The van der Waals surface area contributed by atoms with Crippen molar-refractivity contribution < 1.29 is 17.6 Å². The maximum absolute atomic E-state index is 13.5. The van der Waals surface area contributed by atoms with Crippen LogP contribution < -0.4 is 0 Å². The molecule has 0 bridgehead atoms. The Morgan fingerprint density at radius 3 is 2.37 bits per heavy atom. The summed E-state index contributed by atoms with van der Waals surface area (Å²) in [6.07, 6.45) is 0.0617. The third-order valence-corrected chi connectivity index (χ3v) is 3.55. The molecule has 0 radical (unpaired) electrons. The van der Waals surface area contributed by atoms with Crippen molar-refractivity contribution in [3.8, 4) is 0 Å². The molecule has 0 saturated heterocycles. The van der Waals surface area contributed by atoms with Crippen LogP contribution in [0.25, 0.3) is 0 Å². The van der Waals surface area contributed by atoms with Crippen molar-refractivity contribution in [3.63, 3.8) is 0 Å². The van der Waals surface area contributed by atoms with E-state index >= 15 is 0 Å². The lowest BCUT2D eigenvalue weighted by molar-refractivity contribution is 0.497. The first-order valence-corrected chi connectivity index (χ1v) is 6.42. The average Bonchev–Trinajstić information content (AvgIpc) is 2.34. The molecule has 2 aromatic rings. The SMILES string of the molecule is Fc1ccc(C(Br)Cc2cccc(F)c2F)c(F)c1. The molecule has 0 aliphatic heterocycles. The van der Waals surface area contributed by atoms with E-state index in [0.29, 0.717) is 0 Å². The zero-order valence-electron chi connectivity index (χ0n) is 9.64. The summed E-state index contributed by atoms with van der Waals surface area (Å²) >= 11 is 3.21. The topological polar surface area (TPSA) is 0 Å². The molecule has 0 heterocycles. The van der Waals surface area contributed by atoms with E-state index in [1.807, 2.05) is 0 Å². The molecular formula is C14H9BrF4. The highest BCUT2D eigenvalue weighted by Gasteiger charge is 2.17. The maximum atomic E-state index is 13.5. The van der Waals surface area contributed by atoms with Crippen LogP contribution in [0.5, 0.6) is 0 Å². The van der Waals surface area contributed by atoms with Crippen molar-refractivity contribution in [2.45, 2.75) is 11.2 Å². The molecule has 0 nitrogen and oxygen atoms in total. The normalized spacial score (nSPS) is 12.5. The van der Waals surface area contributed by atoms with Crippen LogP contribution in [-0.4, -0.2) is 0 Å². The zero-order chi connectivity index (χ0) is 14.0. The fourth-order valence-electron chi connectivity index (χ4n) is 1.76. The lowest BCUT2D eigenvalue weighted by atomic mass is 10.0. The summed E-state index contributed by atoms with van der Waals surface area (Å²) in [4.78, 5) is -0.565. The van der Waals surface area contributed by atoms with Crippen LogP contribution >= 0.6 is 15.9 Å². The zero-order valence-corrected chi connectivity index (χ0v) is 11.2. The molecule has 0 spiro atoms. The average molecular weight is 333 g/mol. The fraction of sp³-hybridized carbons (Fsp3) is 0.143. The Hall–Kier alpha value is -1.36. The third-order valence-electron chi connectivity index (χ3n) is 2.73. The molecule has 0 saturated carbocycles. The highest BCUT2D eigenvalue weighted by molar-refractivity contribution is 9.09. The van der Waals surface area contributed by atoms with Crippen molar-refractivity contribution in [1.82, 2.24) is 0 Å². The van der Waals surface area contributed by atoms with E-state index in [1.54, 1.807) is 0 Å². The van der Waals surface area contributed by atoms with Gasteiger partial charge in [-0.1, -0.05) is 34.1 Å². The first-order chi connectivity index (χ1) is 8.99. The predicted molar refractivity (Wildman–Crippen MR) is 68.1 cm³/mol. The molecule has 0 N–H and O–H groups in total. The van der Waals surface area contributed by atoms with E-state index in [-0.39, 0.29) is 17.5 Å². The van der Waals surface area contributed by atoms with E-state index in [4.69, 9.17) is 0 Å². The summed E-state index contributed by atoms with van der Waals surface area (Å²) in [6.45, 7) is 0. The number of hydrogen-bond acceptors (Lipinski definition) is 0. The molecule has 0 aliphatic rings. The number of benzene rings is 2. The van der Waals surface area contributed by atoms with Gasteiger partial charge < -0.3 is 0 Å². The van der Waals surface area contributed by atoms with E-state index in [9.17, 15) is 17.6 Å². The van der Waals surface area contributed by atoms with Gasteiger partial charge in [-0.3, -0.25) is 0 Å². The monoisotopic (exact) mass is 332 g/mol. The summed E-state index contributed by atoms with van der Waals surface area (Å²) in [6, 6.07) is 6.98. The minimum Gasteiger partial charge on any atom is -0.207 e. The second kappa shape index (κ2) is 5.74. The van der Waals surface area contributed by atoms with Crippen molar-refractivity contribution in [1.29, 1.82) is 0 Å². The molecule has 0 amide bonds. The lowest BCUT2D eigenvalue weighted by Gasteiger charge is -2.12. The Morgan fingerprint density at radius 1 is 0.947 bits per heavy atom. The number of hydrogen-bond donors (Lipinski definition) is 0. The van der Waals surface area contributed by atoms with Crippen molar-refractivity contribution in [3.05, 3.63) is 70.8 Å². The summed E-state index contributed by atoms with van der Waals surface area (Å²) in [5, 5.41) is 0. The van der Waals surface area contributed by atoms with Gasteiger partial charge in [0.05, 0.1) is 0 Å². The van der Waals surface area contributed by atoms with Gasteiger partial charge in [0, 0.05) is 16.5 Å². The Bertz CT molecular complexity index is 598. The van der Waals surface area contributed by atoms with E-state index < -0.39 is 28.1 Å². The maximum Gasteiger partial charge on any atom is 0.162 e. The van der Waals surface area contributed by atoms with E-state index in [1.165, 1.54) is 18.2 Å². The summed E-state index contributed by atoms with van der Waals surface area (Å²) in [5.74, 6) is -3.30. The first-order valence-electron chi connectivity index (χ1n) is 5.51. The Balaban J connectivity index is 2.25. The van der Waals surface area contributed by atoms with Gasteiger partial charge in [-0.2, -0.15) is 0 Å². The highest BCUT2D eigenvalue weighted by atomic mass is 79.9. The molecular weight excluding hydrogens is 324 g/mol. The van der Waals surface area contributed by atoms with Gasteiger partial charge in [-0.25, -0.2) is 17.6 Å². The molecule has 1 unspecified atom stereocenters. The van der Waals surface area contributed by atoms with Gasteiger partial charge in [0.15, 0.2) is 11.6 Å². The molecule has 5 heteroatoms. The molecule has 2 aromatic carbocycles. The molecule has 0 aromatic heterocycles. The smallest absolute Gasteiger partial charge is 0.162 e. The molecule has 19 heavy (non-hydrogen) atoms. The summed E-state index contributed by atoms with van der Waals surface area (Å²) in [5.41, 5.74) is 0.329. The summed E-state index contributed by atoms with van der Waals surface area (Å²) < 4.78 is 52.9. The van der Waals surface area contributed by atoms with Gasteiger partial charge in [0.1, 0.15) is 11.6 Å². The van der Waals surface area contributed by atoms with Crippen LogP contribution in [0.2, 0.25) is 0 Å². The van der Waals surface area contributed by atoms with Crippen molar-refractivity contribution >= 4 is 15.9 Å². The van der Waals surface area contributed by atoms with E-state index in [0.717, 1.165) is 18.2 Å². The van der Waals surface area contributed by atoms with Gasteiger partial charge >= 0.3 is 0 Å². The van der Waals surface area contributed by atoms with Crippen molar-refractivity contribution in [2.75, 3.05) is 0 Å². The Kier molecular flexibility index (Phi) is 4.24. The highest BCUT2D eigenvalue weighted by Crippen LogP contribution is 2.30. The minimum atomic E-state index is -0.950. The predicted octanol–water partition coefficient (Wildman–Crippen LogP) is 4.92. The Labute approximate surface area is 116 Å². The molecule has 100 valence electrons. The van der Waals surface area contributed by atoms with Crippen LogP contribution in [0, 0.1) is 23.3 Å². The largest absolute Gasteiger partial charge is 0.207 e. The Morgan fingerprint density at radius 2 is 1.68 bits per heavy atom. The lowest BCUT2D eigenvalue weighted by Crippen LogP contribution is -2.02. The van der Waals surface area contributed by atoms with Crippen LogP contribution in [0.3, 0.4) is 0 Å². The minimum absolute atomic E-state index is 0.0617. The number of alkyl halides is 1. The molecule has 1 atom stereocenters. The summed E-state index contributed by atoms with van der Waals surface area (Å²) in [7, 11) is 0. The second-order valence-electron chi connectivity index (χ2n) is 4.05. The third kappa shape index (κ3) is 3.15. The van der Waals surface area contributed by atoms with Crippen LogP contribution in [0.1, 0.15) is 16.0 Å². The van der Waals surface area contributed by atoms with Crippen molar-refractivity contribution in [2.24, 2.45) is 0 Å². The van der Waals surface area contributed by atoms with Crippen LogP contribution in [0.4, 0.5) is 17.6 Å². The fourth-order valence-corrected chi connectivity index (χ4v) is 2.48. The quantitative estimate of drug-likeness (QED) is 0.552. The second-order valence-corrected chi connectivity index (χ2v) is 5.16. The molecule has 2 rings (SSSR count). The molecule has 0 aliphatic carbocycles. The standard InChI is InChI=1S/C14H9BrF4/c15-11(10-5-4-9(16)7-13(10)18)6-8-2-1-3-12(17)14(8)19/h1-5,7,11H,6H2. The van der Waals surface area contributed by atoms with Gasteiger partial charge in [0.25, 0.3) is 0 Å². The molecule has 0 fully saturated rings. The number of halogens is 5.